The maximum absolute atomic E-state index is 6.49. The van der Waals surface area contributed by atoms with Gasteiger partial charge in [-0.15, -0.1) is 10.2 Å². The van der Waals surface area contributed by atoms with E-state index in [0.29, 0.717) is 18.2 Å². The number of rotatable bonds is 5. The first-order valence-corrected chi connectivity index (χ1v) is 8.94. The molecular formula is C23H21N3O. The Labute approximate surface area is 158 Å². The highest BCUT2D eigenvalue weighted by Crippen LogP contribution is 2.28. The van der Waals surface area contributed by atoms with Gasteiger partial charge in [0, 0.05) is 5.56 Å². The second kappa shape index (κ2) is 7.17. The molecule has 0 unspecified atom stereocenters. The molecule has 2 N–H and O–H groups in total. The molecule has 3 aromatic carbocycles. The Hall–Kier alpha value is -3.24. The lowest BCUT2D eigenvalue weighted by Gasteiger charge is -2.20. The quantitative estimate of drug-likeness (QED) is 0.557. The van der Waals surface area contributed by atoms with Crippen LogP contribution in [0.4, 0.5) is 0 Å². The van der Waals surface area contributed by atoms with Crippen LogP contribution < -0.4 is 5.73 Å². The summed E-state index contributed by atoms with van der Waals surface area (Å²) in [6.07, 6.45) is 0.625. The number of hydrogen-bond acceptors (Lipinski definition) is 4. The first kappa shape index (κ1) is 17.2. The van der Waals surface area contributed by atoms with Crippen LogP contribution in [0.3, 0.4) is 0 Å². The molecule has 4 heteroatoms. The summed E-state index contributed by atoms with van der Waals surface area (Å²) >= 11 is 0. The van der Waals surface area contributed by atoms with Crippen LogP contribution >= 0.6 is 0 Å². The van der Waals surface area contributed by atoms with Crippen LogP contribution in [0.25, 0.3) is 22.6 Å². The highest BCUT2D eigenvalue weighted by Gasteiger charge is 2.28. The van der Waals surface area contributed by atoms with Gasteiger partial charge in [0.05, 0.1) is 5.54 Å². The number of aromatic nitrogens is 2. The second-order valence-electron chi connectivity index (χ2n) is 6.94. The zero-order valence-corrected chi connectivity index (χ0v) is 15.2. The van der Waals surface area contributed by atoms with Crippen molar-refractivity contribution >= 4 is 0 Å². The molecule has 0 aliphatic heterocycles. The van der Waals surface area contributed by atoms with Crippen LogP contribution in [-0.2, 0) is 12.0 Å². The minimum absolute atomic E-state index is 0.437. The van der Waals surface area contributed by atoms with Gasteiger partial charge in [0.2, 0.25) is 11.8 Å². The van der Waals surface area contributed by atoms with Crippen molar-refractivity contribution < 1.29 is 4.42 Å². The summed E-state index contributed by atoms with van der Waals surface area (Å²) in [4.78, 5) is 0. The largest absolute Gasteiger partial charge is 0.419 e. The van der Waals surface area contributed by atoms with Crippen LogP contribution in [0, 0.1) is 0 Å². The van der Waals surface area contributed by atoms with E-state index in [9.17, 15) is 0 Å². The first-order chi connectivity index (χ1) is 13.1. The van der Waals surface area contributed by atoms with Gasteiger partial charge in [-0.05, 0) is 42.2 Å². The van der Waals surface area contributed by atoms with Crippen LogP contribution in [0.15, 0.2) is 89.3 Å². The van der Waals surface area contributed by atoms with Gasteiger partial charge in [0.1, 0.15) is 0 Å². The molecule has 0 radical (unpaired) electrons. The Morgan fingerprint density at radius 1 is 0.778 bits per heavy atom. The first-order valence-electron chi connectivity index (χ1n) is 8.94. The molecule has 0 fully saturated rings. The van der Waals surface area contributed by atoms with Crippen LogP contribution in [-0.4, -0.2) is 10.2 Å². The number of hydrogen-bond donors (Lipinski definition) is 1. The summed E-state index contributed by atoms with van der Waals surface area (Å²) in [5, 5.41) is 8.45. The summed E-state index contributed by atoms with van der Waals surface area (Å²) in [6, 6.07) is 28.4. The molecule has 27 heavy (non-hydrogen) atoms. The highest BCUT2D eigenvalue weighted by atomic mass is 16.4. The van der Waals surface area contributed by atoms with E-state index in [1.807, 2.05) is 67.6 Å². The maximum atomic E-state index is 6.49. The van der Waals surface area contributed by atoms with E-state index in [0.717, 1.165) is 22.3 Å². The van der Waals surface area contributed by atoms with Gasteiger partial charge >= 0.3 is 0 Å². The van der Waals surface area contributed by atoms with E-state index in [2.05, 4.69) is 34.5 Å². The summed E-state index contributed by atoms with van der Waals surface area (Å²) < 4.78 is 5.95. The minimum atomic E-state index is -0.732. The van der Waals surface area contributed by atoms with E-state index in [1.54, 1.807) is 0 Å². The normalized spacial score (nSPS) is 13.3. The fraction of sp³-hybridized carbons (Fsp3) is 0.130. The molecule has 4 nitrogen and oxygen atoms in total. The van der Waals surface area contributed by atoms with Gasteiger partial charge in [-0.1, -0.05) is 72.8 Å². The van der Waals surface area contributed by atoms with Crippen LogP contribution in [0.5, 0.6) is 0 Å². The van der Waals surface area contributed by atoms with Gasteiger partial charge < -0.3 is 10.2 Å². The third kappa shape index (κ3) is 3.81. The predicted octanol–water partition coefficient (Wildman–Crippen LogP) is 4.82. The Morgan fingerprint density at radius 3 is 2.15 bits per heavy atom. The molecule has 0 bridgehead atoms. The molecule has 1 heterocycles. The fourth-order valence-corrected chi connectivity index (χ4v) is 3.13. The monoisotopic (exact) mass is 355 g/mol. The lowest BCUT2D eigenvalue weighted by Crippen LogP contribution is -2.35. The standard InChI is InChI=1S/C23H21N3O/c1-23(24,16-17-9-4-2-5-10-17)22-26-25-21(27-22)20-14-8-13-19(15-20)18-11-6-3-7-12-18/h2-15H,16,24H2,1H3/t23-/m0/s1. The van der Waals surface area contributed by atoms with Crippen molar-refractivity contribution in [3.8, 4) is 22.6 Å². The van der Waals surface area contributed by atoms with Crippen molar-refractivity contribution in [3.63, 3.8) is 0 Å². The fourth-order valence-electron chi connectivity index (χ4n) is 3.13. The Morgan fingerprint density at radius 2 is 1.41 bits per heavy atom. The molecule has 1 atom stereocenters. The SMILES string of the molecule is C[C@](N)(Cc1ccccc1)c1nnc(-c2cccc(-c3ccccc3)c2)o1. The van der Waals surface area contributed by atoms with Gasteiger partial charge in [-0.3, -0.25) is 0 Å². The molecular weight excluding hydrogens is 334 g/mol. The molecule has 0 aliphatic rings. The lowest BCUT2D eigenvalue weighted by atomic mass is 9.94. The van der Waals surface area contributed by atoms with Crippen molar-refractivity contribution in [1.29, 1.82) is 0 Å². The number of nitrogens with zero attached hydrogens (tertiary/aromatic N) is 2. The molecule has 4 rings (SSSR count). The van der Waals surface area contributed by atoms with Gasteiger partial charge in [0.15, 0.2) is 0 Å². The van der Waals surface area contributed by atoms with Crippen LogP contribution in [0.1, 0.15) is 18.4 Å². The van der Waals surface area contributed by atoms with E-state index in [4.69, 9.17) is 10.2 Å². The number of nitrogens with two attached hydrogens (primary N) is 1. The van der Waals surface area contributed by atoms with E-state index < -0.39 is 5.54 Å². The van der Waals surface area contributed by atoms with Crippen molar-refractivity contribution in [2.24, 2.45) is 5.73 Å². The van der Waals surface area contributed by atoms with Crippen molar-refractivity contribution in [3.05, 3.63) is 96.4 Å². The average Bonchev–Trinajstić information content (AvgIpc) is 3.21. The van der Waals surface area contributed by atoms with E-state index >= 15 is 0 Å². The molecule has 0 spiro atoms. The lowest BCUT2D eigenvalue weighted by molar-refractivity contribution is 0.355. The molecule has 0 saturated heterocycles. The maximum Gasteiger partial charge on any atom is 0.247 e. The molecule has 1 aromatic heterocycles. The van der Waals surface area contributed by atoms with Gasteiger partial charge in [0.25, 0.3) is 0 Å². The van der Waals surface area contributed by atoms with Crippen LogP contribution in [0.2, 0.25) is 0 Å². The number of benzene rings is 3. The third-order valence-corrected chi connectivity index (χ3v) is 4.54. The Bertz CT molecular complexity index is 1020. The predicted molar refractivity (Wildman–Crippen MR) is 107 cm³/mol. The third-order valence-electron chi connectivity index (χ3n) is 4.54. The zero-order chi connectivity index (χ0) is 18.7. The smallest absolute Gasteiger partial charge is 0.247 e. The molecule has 0 aliphatic carbocycles. The van der Waals surface area contributed by atoms with Gasteiger partial charge in [-0.2, -0.15) is 0 Å². The Balaban J connectivity index is 1.61. The summed E-state index contributed by atoms with van der Waals surface area (Å²) in [6.45, 7) is 1.91. The molecule has 0 amide bonds. The summed E-state index contributed by atoms with van der Waals surface area (Å²) in [5.41, 5.74) is 10.0. The Kier molecular flexibility index (Phi) is 4.57. The molecule has 0 saturated carbocycles. The summed E-state index contributed by atoms with van der Waals surface area (Å²) in [7, 11) is 0. The minimum Gasteiger partial charge on any atom is -0.419 e. The van der Waals surface area contributed by atoms with Gasteiger partial charge in [-0.25, -0.2) is 0 Å². The summed E-state index contributed by atoms with van der Waals surface area (Å²) in [5.74, 6) is 0.916. The molecule has 4 aromatic rings. The van der Waals surface area contributed by atoms with Crippen molar-refractivity contribution in [2.45, 2.75) is 18.9 Å². The van der Waals surface area contributed by atoms with E-state index in [-0.39, 0.29) is 0 Å². The topological polar surface area (TPSA) is 64.9 Å². The van der Waals surface area contributed by atoms with E-state index in [1.165, 1.54) is 0 Å². The average molecular weight is 355 g/mol. The zero-order valence-electron chi connectivity index (χ0n) is 15.2. The second-order valence-corrected chi connectivity index (χ2v) is 6.94. The molecule has 134 valence electrons. The van der Waals surface area contributed by atoms with Crippen molar-refractivity contribution in [1.82, 2.24) is 10.2 Å². The highest BCUT2D eigenvalue weighted by molar-refractivity contribution is 5.69. The van der Waals surface area contributed by atoms with Crippen molar-refractivity contribution in [2.75, 3.05) is 0 Å².